The van der Waals surface area contributed by atoms with Gasteiger partial charge >= 0.3 is 0 Å². The zero-order chi connectivity index (χ0) is 11.1. The van der Waals surface area contributed by atoms with Crippen LogP contribution in [0.15, 0.2) is 6.07 Å². The van der Waals surface area contributed by atoms with E-state index >= 15 is 0 Å². The van der Waals surface area contributed by atoms with Gasteiger partial charge in [0.1, 0.15) is 16.1 Å². The first-order valence-corrected chi connectivity index (χ1v) is 6.48. The van der Waals surface area contributed by atoms with Crippen LogP contribution in [0.1, 0.15) is 29.6 Å². The van der Waals surface area contributed by atoms with Crippen LogP contribution in [-0.4, -0.2) is 16.6 Å². The van der Waals surface area contributed by atoms with E-state index in [1.165, 1.54) is 4.88 Å². The van der Waals surface area contributed by atoms with Crippen molar-refractivity contribution in [3.63, 3.8) is 0 Å². The van der Waals surface area contributed by atoms with Gasteiger partial charge in [-0.05, 0) is 25.8 Å². The standard InChI is InChI=1S/C11H11ClN2OS/c1-6-5-7-9(12)13-10(14-11(7)16-6)8-3-2-4-15-8/h5,8H,2-4H2,1H3. The fourth-order valence-corrected chi connectivity index (χ4v) is 3.12. The monoisotopic (exact) mass is 254 g/mol. The van der Waals surface area contributed by atoms with Crippen LogP contribution in [0.4, 0.5) is 0 Å². The lowest BCUT2D eigenvalue weighted by Crippen LogP contribution is -2.02. The lowest BCUT2D eigenvalue weighted by Gasteiger charge is -2.07. The fourth-order valence-electron chi connectivity index (χ4n) is 1.95. The lowest BCUT2D eigenvalue weighted by atomic mass is 10.2. The van der Waals surface area contributed by atoms with Gasteiger partial charge in [0.05, 0.1) is 0 Å². The van der Waals surface area contributed by atoms with Crippen molar-refractivity contribution >= 4 is 33.2 Å². The molecule has 3 heterocycles. The number of fused-ring (bicyclic) bond motifs is 1. The maximum atomic E-state index is 6.15. The van der Waals surface area contributed by atoms with Crippen molar-refractivity contribution in [1.82, 2.24) is 9.97 Å². The van der Waals surface area contributed by atoms with Crippen LogP contribution in [-0.2, 0) is 4.74 Å². The van der Waals surface area contributed by atoms with Crippen LogP contribution in [0, 0.1) is 6.92 Å². The van der Waals surface area contributed by atoms with Crippen LogP contribution < -0.4 is 0 Å². The molecule has 3 rings (SSSR count). The maximum Gasteiger partial charge on any atom is 0.160 e. The molecule has 0 aromatic carbocycles. The highest BCUT2D eigenvalue weighted by atomic mass is 35.5. The first-order chi connectivity index (χ1) is 7.74. The van der Waals surface area contributed by atoms with Gasteiger partial charge in [0.15, 0.2) is 5.82 Å². The topological polar surface area (TPSA) is 35.0 Å². The van der Waals surface area contributed by atoms with E-state index in [2.05, 4.69) is 16.9 Å². The summed E-state index contributed by atoms with van der Waals surface area (Å²) < 4.78 is 5.57. The molecule has 1 saturated heterocycles. The zero-order valence-corrected chi connectivity index (χ0v) is 10.4. The van der Waals surface area contributed by atoms with E-state index in [0.717, 1.165) is 35.5 Å². The van der Waals surface area contributed by atoms with E-state index in [-0.39, 0.29) is 6.10 Å². The quantitative estimate of drug-likeness (QED) is 0.731. The molecular weight excluding hydrogens is 244 g/mol. The van der Waals surface area contributed by atoms with E-state index in [4.69, 9.17) is 16.3 Å². The normalized spacial score (nSPS) is 20.8. The van der Waals surface area contributed by atoms with Crippen molar-refractivity contribution in [3.05, 3.63) is 21.9 Å². The second-order valence-corrected chi connectivity index (χ2v) is 5.54. The molecule has 0 aliphatic carbocycles. The molecule has 0 bridgehead atoms. The second-order valence-electron chi connectivity index (χ2n) is 3.95. The molecular formula is C11H11ClN2OS. The summed E-state index contributed by atoms with van der Waals surface area (Å²) in [4.78, 5) is 11.0. The van der Waals surface area contributed by atoms with Crippen molar-refractivity contribution in [1.29, 1.82) is 0 Å². The van der Waals surface area contributed by atoms with Crippen molar-refractivity contribution in [3.8, 4) is 0 Å². The SMILES string of the molecule is Cc1cc2c(Cl)nc(C3CCCO3)nc2s1. The summed E-state index contributed by atoms with van der Waals surface area (Å²) in [6, 6.07) is 2.03. The highest BCUT2D eigenvalue weighted by molar-refractivity contribution is 7.18. The summed E-state index contributed by atoms with van der Waals surface area (Å²) in [5.41, 5.74) is 0. The average molecular weight is 255 g/mol. The molecule has 5 heteroatoms. The van der Waals surface area contributed by atoms with Crippen LogP contribution >= 0.6 is 22.9 Å². The predicted octanol–water partition coefficient (Wildman–Crippen LogP) is 3.50. The summed E-state index contributed by atoms with van der Waals surface area (Å²) in [5.74, 6) is 0.733. The molecule has 1 aliphatic heterocycles. The van der Waals surface area contributed by atoms with Crippen molar-refractivity contribution in [2.45, 2.75) is 25.9 Å². The molecule has 2 aromatic rings. The highest BCUT2D eigenvalue weighted by Gasteiger charge is 2.22. The Bertz CT molecular complexity index is 534. The minimum absolute atomic E-state index is 0.0318. The molecule has 0 N–H and O–H groups in total. The Morgan fingerprint density at radius 1 is 1.50 bits per heavy atom. The van der Waals surface area contributed by atoms with E-state index in [9.17, 15) is 0 Å². The number of nitrogens with zero attached hydrogens (tertiary/aromatic N) is 2. The van der Waals surface area contributed by atoms with Crippen LogP contribution in [0.2, 0.25) is 5.15 Å². The number of hydrogen-bond donors (Lipinski definition) is 0. The van der Waals surface area contributed by atoms with Crippen molar-refractivity contribution in [2.24, 2.45) is 0 Å². The fraction of sp³-hybridized carbons (Fsp3) is 0.455. The summed E-state index contributed by atoms with van der Waals surface area (Å²) in [6.45, 7) is 2.85. The maximum absolute atomic E-state index is 6.15. The van der Waals surface area contributed by atoms with Gasteiger partial charge in [0.2, 0.25) is 0 Å². The van der Waals surface area contributed by atoms with Crippen LogP contribution in [0.25, 0.3) is 10.2 Å². The third-order valence-corrected chi connectivity index (χ3v) is 3.94. The molecule has 3 nitrogen and oxygen atoms in total. The number of rotatable bonds is 1. The molecule has 2 aromatic heterocycles. The number of thiophene rings is 1. The van der Waals surface area contributed by atoms with Crippen molar-refractivity contribution in [2.75, 3.05) is 6.61 Å². The first-order valence-electron chi connectivity index (χ1n) is 5.29. The minimum atomic E-state index is 0.0318. The van der Waals surface area contributed by atoms with Gasteiger partial charge in [-0.25, -0.2) is 9.97 Å². The minimum Gasteiger partial charge on any atom is -0.370 e. The molecule has 1 unspecified atom stereocenters. The summed E-state index contributed by atoms with van der Waals surface area (Å²) in [6.07, 6.45) is 2.10. The molecule has 1 atom stereocenters. The Hall–Kier alpha value is -0.710. The Labute approximate surface area is 102 Å². The van der Waals surface area contributed by atoms with E-state index in [1.54, 1.807) is 11.3 Å². The Balaban J connectivity index is 2.12. The third-order valence-electron chi connectivity index (χ3n) is 2.70. The first kappa shape index (κ1) is 10.4. The summed E-state index contributed by atoms with van der Waals surface area (Å²) >= 11 is 7.80. The van der Waals surface area contributed by atoms with Gasteiger partial charge in [-0.15, -0.1) is 11.3 Å². The Morgan fingerprint density at radius 3 is 3.12 bits per heavy atom. The number of ether oxygens (including phenoxy) is 1. The molecule has 0 radical (unpaired) electrons. The smallest absolute Gasteiger partial charge is 0.160 e. The Morgan fingerprint density at radius 2 is 2.38 bits per heavy atom. The van der Waals surface area contributed by atoms with Crippen LogP contribution in [0.3, 0.4) is 0 Å². The lowest BCUT2D eigenvalue weighted by molar-refractivity contribution is 0.105. The van der Waals surface area contributed by atoms with Gasteiger partial charge in [0.25, 0.3) is 0 Å². The van der Waals surface area contributed by atoms with E-state index in [1.807, 2.05) is 6.07 Å². The molecule has 84 valence electrons. The Kier molecular flexibility index (Phi) is 2.58. The van der Waals surface area contributed by atoms with Gasteiger partial charge in [-0.3, -0.25) is 0 Å². The predicted molar refractivity (Wildman–Crippen MR) is 65.1 cm³/mol. The summed E-state index contributed by atoms with van der Waals surface area (Å²) in [5, 5.41) is 1.49. The van der Waals surface area contributed by atoms with Gasteiger partial charge in [0, 0.05) is 16.9 Å². The number of halogens is 1. The molecule has 0 saturated carbocycles. The van der Waals surface area contributed by atoms with Crippen molar-refractivity contribution < 1.29 is 4.74 Å². The number of aryl methyl sites for hydroxylation is 1. The highest BCUT2D eigenvalue weighted by Crippen LogP contribution is 2.32. The molecule has 0 spiro atoms. The zero-order valence-electron chi connectivity index (χ0n) is 8.86. The molecule has 16 heavy (non-hydrogen) atoms. The van der Waals surface area contributed by atoms with E-state index in [0.29, 0.717) is 5.15 Å². The largest absolute Gasteiger partial charge is 0.370 e. The molecule has 0 amide bonds. The third kappa shape index (κ3) is 1.71. The average Bonchev–Trinajstić information content (AvgIpc) is 2.84. The van der Waals surface area contributed by atoms with Gasteiger partial charge in [-0.2, -0.15) is 0 Å². The van der Waals surface area contributed by atoms with Crippen LogP contribution in [0.5, 0.6) is 0 Å². The second kappa shape index (κ2) is 3.95. The molecule has 1 fully saturated rings. The molecule has 1 aliphatic rings. The van der Waals surface area contributed by atoms with E-state index < -0.39 is 0 Å². The number of hydrogen-bond acceptors (Lipinski definition) is 4. The summed E-state index contributed by atoms with van der Waals surface area (Å²) in [7, 11) is 0. The number of aromatic nitrogens is 2. The van der Waals surface area contributed by atoms with Gasteiger partial charge in [-0.1, -0.05) is 11.6 Å². The van der Waals surface area contributed by atoms with Gasteiger partial charge < -0.3 is 4.74 Å².